The third-order valence-corrected chi connectivity index (χ3v) is 6.77. The van der Waals surface area contributed by atoms with Crippen LogP contribution in [0.5, 0.6) is 0 Å². The van der Waals surface area contributed by atoms with Crippen LogP contribution in [-0.2, 0) is 10.3 Å². The van der Waals surface area contributed by atoms with E-state index in [0.717, 1.165) is 24.0 Å². The first-order valence-corrected chi connectivity index (χ1v) is 12.0. The minimum absolute atomic E-state index is 0.0168. The number of rotatable bonds is 12. The molecule has 1 aliphatic heterocycles. The van der Waals surface area contributed by atoms with Gasteiger partial charge in [-0.25, -0.2) is 4.79 Å². The van der Waals surface area contributed by atoms with Crippen LogP contribution < -0.4 is 10.6 Å². The smallest absolute Gasteiger partial charge is 0.315 e. The normalized spacial score (nSPS) is 17.3. The number of unbranched alkanes of at least 4 members (excludes halogenated alkanes) is 3. The van der Waals surface area contributed by atoms with Gasteiger partial charge in [-0.2, -0.15) is 0 Å². The maximum absolute atomic E-state index is 13.7. The fraction of sp³-hybridized carbons (Fsp3) is 0.481. The summed E-state index contributed by atoms with van der Waals surface area (Å²) < 4.78 is 0. The van der Waals surface area contributed by atoms with Crippen molar-refractivity contribution < 1.29 is 9.59 Å². The third kappa shape index (κ3) is 5.04. The molecule has 3 rings (SSSR count). The Morgan fingerprint density at radius 1 is 0.906 bits per heavy atom. The second-order valence-electron chi connectivity index (χ2n) is 9.02. The molecule has 3 amide bonds. The molecule has 5 heteroatoms. The molecule has 2 aromatic carbocycles. The van der Waals surface area contributed by atoms with Gasteiger partial charge in [0.2, 0.25) is 0 Å². The molecule has 2 aromatic rings. The average Bonchev–Trinajstić information content (AvgIpc) is 3.09. The van der Waals surface area contributed by atoms with Gasteiger partial charge in [-0.1, -0.05) is 100 Å². The van der Waals surface area contributed by atoms with Crippen molar-refractivity contribution in [2.45, 2.75) is 70.4 Å². The highest BCUT2D eigenvalue weighted by Gasteiger charge is 2.53. The fourth-order valence-electron chi connectivity index (χ4n) is 4.51. The van der Waals surface area contributed by atoms with Gasteiger partial charge < -0.3 is 10.6 Å². The molecule has 1 atom stereocenters. The zero-order chi connectivity index (χ0) is 23.0. The van der Waals surface area contributed by atoms with E-state index in [0.29, 0.717) is 13.1 Å². The first-order chi connectivity index (χ1) is 15.5. The standard InChI is InChI=1S/C27H37N3O2/c1-4-6-7-14-19-26(3,5-2)28-20-21-30-24(31)27(29-25(30)32,22-15-10-8-11-16-22)23-17-12-9-13-18-23/h8-13,15-18,28H,4-7,14,19-21H2,1-3H3,(H,29,32). The van der Waals surface area contributed by atoms with Gasteiger partial charge in [0.05, 0.1) is 0 Å². The lowest BCUT2D eigenvalue weighted by Crippen LogP contribution is -2.47. The molecule has 1 fully saturated rings. The van der Waals surface area contributed by atoms with E-state index in [9.17, 15) is 9.59 Å². The highest BCUT2D eigenvalue weighted by molar-refractivity contribution is 6.09. The number of nitrogens with zero attached hydrogens (tertiary/aromatic N) is 1. The molecule has 1 saturated heterocycles. The lowest BCUT2D eigenvalue weighted by molar-refractivity contribution is -0.130. The Kier molecular flexibility index (Phi) is 8.08. The van der Waals surface area contributed by atoms with Crippen molar-refractivity contribution in [1.29, 1.82) is 0 Å². The van der Waals surface area contributed by atoms with Crippen molar-refractivity contribution >= 4 is 11.9 Å². The van der Waals surface area contributed by atoms with Gasteiger partial charge >= 0.3 is 6.03 Å². The van der Waals surface area contributed by atoms with Gasteiger partial charge in [0, 0.05) is 18.6 Å². The van der Waals surface area contributed by atoms with Crippen LogP contribution in [-0.4, -0.2) is 35.5 Å². The predicted molar refractivity (Wildman–Crippen MR) is 129 cm³/mol. The van der Waals surface area contributed by atoms with E-state index in [-0.39, 0.29) is 17.5 Å². The number of nitrogens with one attached hydrogen (secondary N) is 2. The number of carbonyl (C=O) groups excluding carboxylic acids is 2. The van der Waals surface area contributed by atoms with Crippen LogP contribution in [0.25, 0.3) is 0 Å². The summed E-state index contributed by atoms with van der Waals surface area (Å²) in [5.41, 5.74) is 0.375. The van der Waals surface area contributed by atoms with Crippen molar-refractivity contribution in [2.24, 2.45) is 0 Å². The van der Waals surface area contributed by atoms with Crippen LogP contribution in [0.15, 0.2) is 60.7 Å². The van der Waals surface area contributed by atoms with Gasteiger partial charge in [0.25, 0.3) is 5.91 Å². The summed E-state index contributed by atoms with van der Waals surface area (Å²) in [5.74, 6) is -0.220. The van der Waals surface area contributed by atoms with Crippen molar-refractivity contribution in [2.75, 3.05) is 13.1 Å². The Labute approximate surface area is 192 Å². The average molecular weight is 436 g/mol. The largest absolute Gasteiger partial charge is 0.325 e. The SMILES string of the molecule is CCCCCCC(C)(CC)NCCN1C(=O)NC(c2ccccc2)(c2ccccc2)C1=O. The van der Waals surface area contributed by atoms with Crippen LogP contribution in [0, 0.1) is 0 Å². The minimum Gasteiger partial charge on any atom is -0.315 e. The first-order valence-electron chi connectivity index (χ1n) is 12.0. The van der Waals surface area contributed by atoms with Gasteiger partial charge in [-0.05, 0) is 30.9 Å². The van der Waals surface area contributed by atoms with Gasteiger partial charge in [-0.15, -0.1) is 0 Å². The maximum Gasteiger partial charge on any atom is 0.325 e. The third-order valence-electron chi connectivity index (χ3n) is 6.77. The molecule has 0 radical (unpaired) electrons. The maximum atomic E-state index is 13.7. The molecule has 0 spiro atoms. The second-order valence-corrected chi connectivity index (χ2v) is 9.02. The number of imide groups is 1. The van der Waals surface area contributed by atoms with E-state index < -0.39 is 5.54 Å². The van der Waals surface area contributed by atoms with Crippen molar-refractivity contribution in [3.63, 3.8) is 0 Å². The van der Waals surface area contributed by atoms with Crippen molar-refractivity contribution in [3.8, 4) is 0 Å². The van der Waals surface area contributed by atoms with Crippen molar-refractivity contribution in [3.05, 3.63) is 71.8 Å². The molecule has 2 N–H and O–H groups in total. The predicted octanol–water partition coefficient (Wildman–Crippen LogP) is 5.21. The number of benzene rings is 2. The van der Waals surface area contributed by atoms with E-state index >= 15 is 0 Å². The van der Waals surface area contributed by atoms with E-state index in [1.807, 2.05) is 60.7 Å². The molecule has 0 aromatic heterocycles. The fourth-order valence-corrected chi connectivity index (χ4v) is 4.51. The van der Waals surface area contributed by atoms with Crippen LogP contribution in [0.4, 0.5) is 4.79 Å². The quantitative estimate of drug-likeness (QED) is 0.355. The molecule has 0 aliphatic carbocycles. The molecule has 1 unspecified atom stereocenters. The zero-order valence-electron chi connectivity index (χ0n) is 19.7. The number of hydrogen-bond acceptors (Lipinski definition) is 3. The Hall–Kier alpha value is -2.66. The Morgan fingerprint density at radius 3 is 2.03 bits per heavy atom. The van der Waals surface area contributed by atoms with Gasteiger partial charge in [0.15, 0.2) is 5.54 Å². The van der Waals surface area contributed by atoms with E-state index in [1.165, 1.54) is 30.6 Å². The summed E-state index contributed by atoms with van der Waals surface area (Å²) in [6.45, 7) is 7.58. The highest BCUT2D eigenvalue weighted by Crippen LogP contribution is 2.35. The lowest BCUT2D eigenvalue weighted by atomic mass is 9.82. The van der Waals surface area contributed by atoms with E-state index in [4.69, 9.17) is 0 Å². The summed E-state index contributed by atoms with van der Waals surface area (Å²) >= 11 is 0. The molecule has 5 nitrogen and oxygen atoms in total. The summed E-state index contributed by atoms with van der Waals surface area (Å²) in [5, 5.41) is 6.64. The molecular weight excluding hydrogens is 398 g/mol. The van der Waals surface area contributed by atoms with Gasteiger partial charge in [-0.3, -0.25) is 9.69 Å². The Bertz CT molecular complexity index is 845. The van der Waals surface area contributed by atoms with E-state index in [1.54, 1.807) is 0 Å². The molecule has 172 valence electrons. The highest BCUT2D eigenvalue weighted by atomic mass is 16.2. The molecule has 1 aliphatic rings. The second kappa shape index (κ2) is 10.8. The number of carbonyl (C=O) groups is 2. The summed E-state index contributed by atoms with van der Waals surface area (Å²) in [6.07, 6.45) is 7.05. The number of urea groups is 1. The summed E-state index contributed by atoms with van der Waals surface area (Å²) in [7, 11) is 0. The minimum atomic E-state index is -1.19. The number of hydrogen-bond donors (Lipinski definition) is 2. The van der Waals surface area contributed by atoms with Crippen LogP contribution in [0.3, 0.4) is 0 Å². The van der Waals surface area contributed by atoms with Crippen LogP contribution in [0.2, 0.25) is 0 Å². The first kappa shape index (κ1) is 24.0. The molecule has 0 saturated carbocycles. The molecule has 1 heterocycles. The van der Waals surface area contributed by atoms with Crippen LogP contribution in [0.1, 0.15) is 70.4 Å². The Balaban J connectivity index is 1.74. The lowest BCUT2D eigenvalue weighted by Gasteiger charge is -2.31. The summed E-state index contributed by atoms with van der Waals surface area (Å²) in [4.78, 5) is 28.1. The topological polar surface area (TPSA) is 61.4 Å². The number of amides is 3. The summed E-state index contributed by atoms with van der Waals surface area (Å²) in [6, 6.07) is 18.7. The Morgan fingerprint density at radius 2 is 1.50 bits per heavy atom. The monoisotopic (exact) mass is 435 g/mol. The van der Waals surface area contributed by atoms with Crippen LogP contribution >= 0.6 is 0 Å². The molecule has 32 heavy (non-hydrogen) atoms. The zero-order valence-corrected chi connectivity index (χ0v) is 19.7. The molecular formula is C27H37N3O2. The van der Waals surface area contributed by atoms with Gasteiger partial charge in [0.1, 0.15) is 0 Å². The van der Waals surface area contributed by atoms with Crippen molar-refractivity contribution in [1.82, 2.24) is 15.5 Å². The van der Waals surface area contributed by atoms with E-state index in [2.05, 4.69) is 31.4 Å². The molecule has 0 bridgehead atoms.